The molecule has 2 rings (SSSR count). The molecule has 0 spiro atoms. The molecule has 0 aliphatic heterocycles. The van der Waals surface area contributed by atoms with Crippen LogP contribution in [-0.2, 0) is 4.79 Å². The third-order valence-electron chi connectivity index (χ3n) is 2.29. The van der Waals surface area contributed by atoms with Crippen LogP contribution in [0.1, 0.15) is 13.3 Å². The Morgan fingerprint density at radius 3 is 2.00 bits per heavy atom. The highest BCUT2D eigenvalue weighted by Crippen LogP contribution is 2.27. The third kappa shape index (κ3) is 4.29. The molecular formula is C15H16O3. The van der Waals surface area contributed by atoms with Crippen molar-refractivity contribution < 1.29 is 15.0 Å². The summed E-state index contributed by atoms with van der Waals surface area (Å²) in [5, 5.41) is 17.3. The Kier molecular flexibility index (Phi) is 5.45. The molecule has 2 aromatic rings. The first-order chi connectivity index (χ1) is 8.65. The lowest BCUT2D eigenvalue weighted by atomic mass is 10.1. The molecule has 3 nitrogen and oxygen atoms in total. The topological polar surface area (TPSA) is 57.5 Å². The van der Waals surface area contributed by atoms with E-state index in [0.717, 1.165) is 11.1 Å². The second-order valence-electron chi connectivity index (χ2n) is 3.63. The van der Waals surface area contributed by atoms with E-state index in [4.69, 9.17) is 5.11 Å². The molecule has 2 aromatic carbocycles. The predicted molar refractivity (Wildman–Crippen MR) is 71.5 cm³/mol. The average molecular weight is 244 g/mol. The molecule has 0 amide bonds. The summed E-state index contributed by atoms with van der Waals surface area (Å²) in [6.07, 6.45) is 0.222. The highest BCUT2D eigenvalue weighted by atomic mass is 16.4. The maximum atomic E-state index is 9.56. The van der Waals surface area contributed by atoms with Crippen LogP contribution in [-0.4, -0.2) is 16.2 Å². The second-order valence-corrected chi connectivity index (χ2v) is 3.63. The fourth-order valence-electron chi connectivity index (χ4n) is 1.34. The van der Waals surface area contributed by atoms with Crippen molar-refractivity contribution in [3.05, 3.63) is 54.6 Å². The van der Waals surface area contributed by atoms with E-state index in [0.29, 0.717) is 5.75 Å². The zero-order valence-electron chi connectivity index (χ0n) is 10.2. The van der Waals surface area contributed by atoms with Gasteiger partial charge in [-0.1, -0.05) is 55.5 Å². The number of aliphatic carboxylic acids is 1. The SMILES string of the molecule is CCC(=O)O.Oc1ccccc1-c1ccccc1. The molecule has 94 valence electrons. The van der Waals surface area contributed by atoms with Crippen molar-refractivity contribution in [3.8, 4) is 16.9 Å². The van der Waals surface area contributed by atoms with Gasteiger partial charge >= 0.3 is 5.97 Å². The maximum Gasteiger partial charge on any atom is 0.303 e. The van der Waals surface area contributed by atoms with Gasteiger partial charge in [0.05, 0.1) is 0 Å². The molecule has 18 heavy (non-hydrogen) atoms. The zero-order valence-corrected chi connectivity index (χ0v) is 10.2. The molecule has 0 saturated carbocycles. The van der Waals surface area contributed by atoms with Crippen LogP contribution in [0.3, 0.4) is 0 Å². The smallest absolute Gasteiger partial charge is 0.303 e. The van der Waals surface area contributed by atoms with Crippen LogP contribution >= 0.6 is 0 Å². The van der Waals surface area contributed by atoms with Gasteiger partial charge in [0, 0.05) is 12.0 Å². The second kappa shape index (κ2) is 7.12. The summed E-state index contributed by atoms with van der Waals surface area (Å²) in [7, 11) is 0. The van der Waals surface area contributed by atoms with E-state index in [1.165, 1.54) is 0 Å². The van der Waals surface area contributed by atoms with Crippen molar-refractivity contribution >= 4 is 5.97 Å². The van der Waals surface area contributed by atoms with Crippen LogP contribution in [0.25, 0.3) is 11.1 Å². The molecule has 0 fully saturated rings. The van der Waals surface area contributed by atoms with Gasteiger partial charge in [-0.2, -0.15) is 0 Å². The van der Waals surface area contributed by atoms with Crippen molar-refractivity contribution in [2.45, 2.75) is 13.3 Å². The van der Waals surface area contributed by atoms with E-state index in [-0.39, 0.29) is 6.42 Å². The number of carboxylic acid groups (broad SMARTS) is 1. The van der Waals surface area contributed by atoms with E-state index in [1.54, 1.807) is 13.0 Å². The molecule has 0 saturated heterocycles. The molecule has 2 N–H and O–H groups in total. The van der Waals surface area contributed by atoms with Gasteiger partial charge in [-0.15, -0.1) is 0 Å². The van der Waals surface area contributed by atoms with Gasteiger partial charge in [-0.05, 0) is 11.6 Å². The number of benzene rings is 2. The lowest BCUT2D eigenvalue weighted by molar-refractivity contribution is -0.136. The van der Waals surface area contributed by atoms with E-state index in [9.17, 15) is 9.90 Å². The fourth-order valence-corrected chi connectivity index (χ4v) is 1.34. The van der Waals surface area contributed by atoms with Crippen LogP contribution in [0.15, 0.2) is 54.6 Å². The molecule has 0 bridgehead atoms. The summed E-state index contributed by atoms with van der Waals surface area (Å²) in [6.45, 7) is 1.60. The van der Waals surface area contributed by atoms with E-state index >= 15 is 0 Å². The Bertz CT molecular complexity index is 492. The summed E-state index contributed by atoms with van der Waals surface area (Å²) in [4.78, 5) is 9.37. The molecule has 0 unspecified atom stereocenters. The van der Waals surface area contributed by atoms with Gasteiger partial charge in [-0.25, -0.2) is 0 Å². The first-order valence-electron chi connectivity index (χ1n) is 5.70. The number of carboxylic acids is 1. The van der Waals surface area contributed by atoms with Gasteiger partial charge in [0.1, 0.15) is 5.75 Å². The average Bonchev–Trinajstić information content (AvgIpc) is 2.41. The summed E-state index contributed by atoms with van der Waals surface area (Å²) in [6, 6.07) is 17.2. The van der Waals surface area contributed by atoms with Crippen LogP contribution in [0.4, 0.5) is 0 Å². The Labute approximate surface area is 106 Å². The van der Waals surface area contributed by atoms with Crippen LogP contribution in [0.2, 0.25) is 0 Å². The van der Waals surface area contributed by atoms with Crippen LogP contribution < -0.4 is 0 Å². The lowest BCUT2D eigenvalue weighted by Gasteiger charge is -2.02. The van der Waals surface area contributed by atoms with Crippen molar-refractivity contribution in [2.24, 2.45) is 0 Å². The highest BCUT2D eigenvalue weighted by molar-refractivity contribution is 5.69. The molecular weight excluding hydrogens is 228 g/mol. The van der Waals surface area contributed by atoms with Crippen molar-refractivity contribution in [3.63, 3.8) is 0 Å². The molecule has 3 heteroatoms. The van der Waals surface area contributed by atoms with Crippen molar-refractivity contribution in [1.29, 1.82) is 0 Å². The normalized spacial score (nSPS) is 9.17. The van der Waals surface area contributed by atoms with Gasteiger partial charge in [0.15, 0.2) is 0 Å². The predicted octanol–water partition coefficient (Wildman–Crippen LogP) is 3.54. The highest BCUT2D eigenvalue weighted by Gasteiger charge is 2.00. The number of hydrogen-bond donors (Lipinski definition) is 2. The number of aromatic hydroxyl groups is 1. The summed E-state index contributed by atoms with van der Waals surface area (Å²) in [5.74, 6) is -0.418. The number of rotatable bonds is 2. The van der Waals surface area contributed by atoms with Gasteiger partial charge in [0.2, 0.25) is 0 Å². The summed E-state index contributed by atoms with van der Waals surface area (Å²) >= 11 is 0. The number of carbonyl (C=O) groups is 1. The Morgan fingerprint density at radius 1 is 1.00 bits per heavy atom. The molecule has 0 aromatic heterocycles. The first kappa shape index (κ1) is 13.8. The van der Waals surface area contributed by atoms with Crippen molar-refractivity contribution in [2.75, 3.05) is 0 Å². The van der Waals surface area contributed by atoms with Gasteiger partial charge < -0.3 is 10.2 Å². The first-order valence-corrected chi connectivity index (χ1v) is 5.70. The minimum atomic E-state index is -0.745. The van der Waals surface area contributed by atoms with Crippen molar-refractivity contribution in [1.82, 2.24) is 0 Å². The maximum absolute atomic E-state index is 9.56. The largest absolute Gasteiger partial charge is 0.507 e. The molecule has 0 heterocycles. The minimum Gasteiger partial charge on any atom is -0.507 e. The molecule has 0 radical (unpaired) electrons. The quantitative estimate of drug-likeness (QED) is 0.849. The number of hydrogen-bond acceptors (Lipinski definition) is 2. The van der Waals surface area contributed by atoms with E-state index in [2.05, 4.69) is 0 Å². The standard InChI is InChI=1S/C12H10O.C3H6O2/c13-12-9-5-4-8-11(12)10-6-2-1-3-7-10;1-2-3(4)5/h1-9,13H;2H2,1H3,(H,4,5). The minimum absolute atomic E-state index is 0.222. The van der Waals surface area contributed by atoms with Crippen LogP contribution in [0, 0.1) is 0 Å². The molecule has 0 aliphatic carbocycles. The molecule has 0 atom stereocenters. The van der Waals surface area contributed by atoms with E-state index < -0.39 is 5.97 Å². The Morgan fingerprint density at radius 2 is 1.50 bits per heavy atom. The monoisotopic (exact) mass is 244 g/mol. The fraction of sp³-hybridized carbons (Fsp3) is 0.133. The molecule has 0 aliphatic rings. The summed E-state index contributed by atoms with van der Waals surface area (Å²) < 4.78 is 0. The Hall–Kier alpha value is -2.29. The van der Waals surface area contributed by atoms with Gasteiger partial charge in [0.25, 0.3) is 0 Å². The Balaban J connectivity index is 0.000000280. The third-order valence-corrected chi connectivity index (χ3v) is 2.29. The van der Waals surface area contributed by atoms with Gasteiger partial charge in [-0.3, -0.25) is 4.79 Å². The lowest BCUT2D eigenvalue weighted by Crippen LogP contribution is -1.86. The zero-order chi connectivity index (χ0) is 13.4. The number of para-hydroxylation sites is 1. The summed E-state index contributed by atoms with van der Waals surface area (Å²) in [5.41, 5.74) is 1.92. The van der Waals surface area contributed by atoms with Crippen LogP contribution in [0.5, 0.6) is 5.75 Å². The number of phenolic OH excluding ortho intramolecular Hbond substituents is 1. The number of phenols is 1. The van der Waals surface area contributed by atoms with E-state index in [1.807, 2.05) is 48.5 Å².